The molecule has 3 rings (SSSR count). The van der Waals surface area contributed by atoms with Crippen LogP contribution in [0.5, 0.6) is 11.5 Å². The molecule has 0 aliphatic rings. The Bertz CT molecular complexity index is 999. The number of benzene rings is 3. The molecule has 0 unspecified atom stereocenters. The summed E-state index contributed by atoms with van der Waals surface area (Å²) in [5.74, 6) is -1.18. The lowest BCUT2D eigenvalue weighted by molar-refractivity contribution is 0.478. The highest BCUT2D eigenvalue weighted by molar-refractivity contribution is 6.10. The largest absolute Gasteiger partial charge is 0.506 e. The first-order chi connectivity index (χ1) is 9.45. The first kappa shape index (κ1) is 12.0. The molecule has 0 saturated heterocycles. The van der Waals surface area contributed by atoms with Crippen molar-refractivity contribution < 1.29 is 10.2 Å². The van der Waals surface area contributed by atoms with Gasteiger partial charge in [0.2, 0.25) is 10.9 Å². The molecule has 3 aromatic carbocycles. The van der Waals surface area contributed by atoms with Crippen LogP contribution in [0.2, 0.25) is 0 Å². The van der Waals surface area contributed by atoms with Crippen LogP contribution in [0.25, 0.3) is 21.5 Å². The average Bonchev–Trinajstić information content (AvgIpc) is 2.46. The van der Waals surface area contributed by atoms with E-state index in [0.717, 1.165) is 0 Å². The maximum Gasteiger partial charge on any atom is 0.277 e. The van der Waals surface area contributed by atoms with Crippen LogP contribution in [-0.4, -0.2) is 10.2 Å². The van der Waals surface area contributed by atoms with Gasteiger partial charge in [0.15, 0.2) is 0 Å². The Balaban J connectivity index is 2.91. The Morgan fingerprint density at radius 2 is 0.950 bits per heavy atom. The third-order valence-electron chi connectivity index (χ3n) is 3.23. The van der Waals surface area contributed by atoms with E-state index < -0.39 is 44.0 Å². The van der Waals surface area contributed by atoms with Gasteiger partial charge in [0.1, 0.15) is 11.5 Å². The predicted molar refractivity (Wildman–Crippen MR) is 72.2 cm³/mol. The summed E-state index contributed by atoms with van der Waals surface area (Å²) >= 11 is 0. The fourth-order valence-electron chi connectivity index (χ4n) is 2.28. The molecule has 0 heterocycles. The molecular weight excluding hydrogens is 264 g/mol. The molecule has 98 valence electrons. The van der Waals surface area contributed by atoms with Crippen molar-refractivity contribution in [2.24, 2.45) is 0 Å². The van der Waals surface area contributed by atoms with E-state index >= 15 is 0 Å². The Morgan fingerprint density at radius 1 is 0.600 bits per heavy atom. The van der Waals surface area contributed by atoms with Crippen LogP contribution >= 0.6 is 0 Å². The fourth-order valence-corrected chi connectivity index (χ4v) is 2.28. The van der Waals surface area contributed by atoms with E-state index in [4.69, 9.17) is 0 Å². The van der Waals surface area contributed by atoms with E-state index in [1.165, 1.54) is 12.1 Å². The lowest BCUT2D eigenvalue weighted by Gasteiger charge is -2.07. The third kappa shape index (κ3) is 1.27. The van der Waals surface area contributed by atoms with E-state index in [1.807, 2.05) is 0 Å². The average molecular weight is 270 g/mol. The van der Waals surface area contributed by atoms with Crippen molar-refractivity contribution in [3.8, 4) is 11.5 Å². The van der Waals surface area contributed by atoms with E-state index in [-0.39, 0.29) is 10.8 Å². The smallest absolute Gasteiger partial charge is 0.277 e. The predicted octanol–water partition coefficient (Wildman–Crippen LogP) is -0.279. The second-order valence-electron chi connectivity index (χ2n) is 4.31. The fraction of sp³-hybridized carbons (Fsp3) is 0. The molecule has 0 spiro atoms. The van der Waals surface area contributed by atoms with Gasteiger partial charge in [-0.25, -0.2) is 0 Å². The van der Waals surface area contributed by atoms with Gasteiger partial charge in [0.05, 0.1) is 10.8 Å². The van der Waals surface area contributed by atoms with Gasteiger partial charge in [-0.15, -0.1) is 0 Å². The van der Waals surface area contributed by atoms with Gasteiger partial charge >= 0.3 is 0 Å². The van der Waals surface area contributed by atoms with E-state index in [9.17, 15) is 29.4 Å². The lowest BCUT2D eigenvalue weighted by Crippen LogP contribution is -2.46. The standard InChI is InChI=1S/C14H6O6/c15-9-5-3-1-2-4-6(5)10(16)8-7(9)11(17)13(19)14(20)12(8)18/h1-4,15-16H. The molecule has 0 radical (unpaired) electrons. The quantitative estimate of drug-likeness (QED) is 0.330. The first-order valence-corrected chi connectivity index (χ1v) is 5.59. The van der Waals surface area contributed by atoms with Crippen molar-refractivity contribution in [1.82, 2.24) is 0 Å². The highest BCUT2D eigenvalue weighted by Crippen LogP contribution is 2.37. The molecule has 0 aliphatic heterocycles. The van der Waals surface area contributed by atoms with Crippen molar-refractivity contribution in [3.05, 3.63) is 65.2 Å². The van der Waals surface area contributed by atoms with Crippen LogP contribution in [-0.2, 0) is 0 Å². The molecule has 0 amide bonds. The molecule has 20 heavy (non-hydrogen) atoms. The van der Waals surface area contributed by atoms with Gasteiger partial charge in [-0.3, -0.25) is 19.2 Å². The van der Waals surface area contributed by atoms with Crippen LogP contribution in [0.1, 0.15) is 0 Å². The molecule has 0 fully saturated rings. The summed E-state index contributed by atoms with van der Waals surface area (Å²) in [5, 5.41) is 19.1. The van der Waals surface area contributed by atoms with Crippen LogP contribution in [0, 0.1) is 0 Å². The summed E-state index contributed by atoms with van der Waals surface area (Å²) < 4.78 is 0. The molecule has 3 aromatic rings. The van der Waals surface area contributed by atoms with Crippen molar-refractivity contribution in [2.45, 2.75) is 0 Å². The van der Waals surface area contributed by atoms with E-state index in [0.29, 0.717) is 0 Å². The highest BCUT2D eigenvalue weighted by Gasteiger charge is 2.21. The minimum atomic E-state index is -1.51. The van der Waals surface area contributed by atoms with Crippen molar-refractivity contribution in [1.29, 1.82) is 0 Å². The number of aromatic hydroxyl groups is 2. The minimum absolute atomic E-state index is 0.118. The number of rotatable bonds is 0. The molecule has 0 aliphatic carbocycles. The summed E-state index contributed by atoms with van der Waals surface area (Å²) in [7, 11) is 0. The number of phenols is 2. The van der Waals surface area contributed by atoms with Crippen LogP contribution < -0.4 is 21.7 Å². The molecular formula is C14H6O6. The maximum absolute atomic E-state index is 11.8. The Labute approximate surface area is 109 Å². The summed E-state index contributed by atoms with van der Waals surface area (Å²) in [6.45, 7) is 0. The topological polar surface area (TPSA) is 109 Å². The van der Waals surface area contributed by atoms with Gasteiger partial charge in [-0.05, 0) is 0 Å². The minimum Gasteiger partial charge on any atom is -0.506 e. The molecule has 6 heteroatoms. The van der Waals surface area contributed by atoms with Crippen LogP contribution in [0.15, 0.2) is 43.4 Å². The Morgan fingerprint density at radius 3 is 1.30 bits per heavy atom. The van der Waals surface area contributed by atoms with Crippen LogP contribution in [0.4, 0.5) is 0 Å². The zero-order chi connectivity index (χ0) is 14.6. The summed E-state index contributed by atoms with van der Waals surface area (Å²) in [4.78, 5) is 46.4. The zero-order valence-electron chi connectivity index (χ0n) is 9.84. The molecule has 2 N–H and O–H groups in total. The Hall–Kier alpha value is -3.02. The molecule has 0 aromatic heterocycles. The second-order valence-corrected chi connectivity index (χ2v) is 4.31. The molecule has 0 atom stereocenters. The monoisotopic (exact) mass is 270 g/mol. The number of hydrogen-bond acceptors (Lipinski definition) is 6. The molecule has 6 nitrogen and oxygen atoms in total. The second kappa shape index (κ2) is 3.74. The van der Waals surface area contributed by atoms with E-state index in [1.54, 1.807) is 12.1 Å². The zero-order valence-corrected chi connectivity index (χ0v) is 9.84. The maximum atomic E-state index is 11.8. The molecule has 0 saturated carbocycles. The normalized spacial score (nSPS) is 11.2. The van der Waals surface area contributed by atoms with Crippen LogP contribution in [0.3, 0.4) is 0 Å². The number of fused-ring (bicyclic) bond motifs is 2. The van der Waals surface area contributed by atoms with E-state index in [2.05, 4.69) is 0 Å². The van der Waals surface area contributed by atoms with Gasteiger partial charge in [-0.2, -0.15) is 0 Å². The van der Waals surface area contributed by atoms with Crippen molar-refractivity contribution >= 4 is 21.5 Å². The third-order valence-corrected chi connectivity index (χ3v) is 3.23. The summed E-state index contributed by atoms with van der Waals surface area (Å²) in [6.07, 6.45) is 0. The van der Waals surface area contributed by atoms with Gasteiger partial charge in [0.25, 0.3) is 10.9 Å². The van der Waals surface area contributed by atoms with Crippen molar-refractivity contribution in [2.75, 3.05) is 0 Å². The lowest BCUT2D eigenvalue weighted by atomic mass is 10.00. The highest BCUT2D eigenvalue weighted by atomic mass is 16.3. The first-order valence-electron chi connectivity index (χ1n) is 5.59. The number of hydrogen-bond donors (Lipinski definition) is 2. The number of phenolic OH excluding ortho intramolecular Hbond substituents is 2. The molecule has 0 bridgehead atoms. The van der Waals surface area contributed by atoms with Crippen molar-refractivity contribution in [3.63, 3.8) is 0 Å². The van der Waals surface area contributed by atoms with Gasteiger partial charge in [0, 0.05) is 10.8 Å². The van der Waals surface area contributed by atoms with Gasteiger partial charge in [-0.1, -0.05) is 24.3 Å². The van der Waals surface area contributed by atoms with Gasteiger partial charge < -0.3 is 10.2 Å². The summed E-state index contributed by atoms with van der Waals surface area (Å²) in [6, 6.07) is 5.94. The Kier molecular flexibility index (Phi) is 2.25. The summed E-state index contributed by atoms with van der Waals surface area (Å²) in [5.41, 5.74) is -5.59. The SMILES string of the molecule is O=c1c(=O)c(=O)c2c(O)c3ccccc3c(O)c2c1=O.